The number of aromatic hydroxyl groups is 1. The fraction of sp³-hybridized carbons (Fsp3) is 0.250. The molecule has 0 amide bonds. The highest BCUT2D eigenvalue weighted by atomic mass is 16.3. The van der Waals surface area contributed by atoms with Crippen LogP contribution < -0.4 is 0 Å². The smallest absolute Gasteiger partial charge is 0.149 e. The van der Waals surface area contributed by atoms with E-state index in [0.717, 1.165) is 27.8 Å². The van der Waals surface area contributed by atoms with Gasteiger partial charge in [-0.05, 0) is 135 Å². The Morgan fingerprint density at radius 1 is 0.567 bits per heavy atom. The van der Waals surface area contributed by atoms with Crippen molar-refractivity contribution in [3.05, 3.63) is 167 Å². The van der Waals surface area contributed by atoms with Crippen LogP contribution in [0.15, 0.2) is 139 Å². The van der Waals surface area contributed by atoms with Crippen LogP contribution in [-0.2, 0) is 16.2 Å². The summed E-state index contributed by atoms with van der Waals surface area (Å²) in [4.78, 5) is 9.62. The molecule has 0 bridgehead atoms. The van der Waals surface area contributed by atoms with Crippen molar-refractivity contribution in [3.8, 4) is 67.5 Å². The van der Waals surface area contributed by atoms with Gasteiger partial charge in [-0.2, -0.15) is 0 Å². The van der Waals surface area contributed by atoms with Gasteiger partial charge in [-0.1, -0.05) is 147 Å². The van der Waals surface area contributed by atoms with Crippen molar-refractivity contribution in [1.82, 2.24) is 14.5 Å². The van der Waals surface area contributed by atoms with Gasteiger partial charge >= 0.3 is 0 Å². The standard InChI is InChI=1S/C56H57N3O/c1-35-19-21-37(22-20-35)39-25-26-57-48(33-39)42-28-41(31-43(32-42)54(3,4)5)46-16-14-17-50-52(46)58-53(47-15-12-13-18-51(47)60)59(50)49-24-23-38(27-36(49)2)40-29-44(55(6,7)8)34-45(30-40)56(9,10)11/h12-34,60H,1-11H3/i1D3,2D3,19D,20D,21D,22D,25D,26D,33D. The Kier molecular flexibility index (Phi) is 6.91. The predicted octanol–water partition coefficient (Wildman–Crippen LogP) is 15.0. The van der Waals surface area contributed by atoms with E-state index in [0.29, 0.717) is 39.0 Å². The maximum atomic E-state index is 11.4. The highest BCUT2D eigenvalue weighted by molar-refractivity contribution is 5.97. The molecule has 2 aromatic heterocycles. The summed E-state index contributed by atoms with van der Waals surface area (Å²) >= 11 is 0. The highest BCUT2D eigenvalue weighted by Crippen LogP contribution is 2.41. The van der Waals surface area contributed by atoms with Crippen molar-refractivity contribution >= 4 is 11.0 Å². The summed E-state index contributed by atoms with van der Waals surface area (Å²) in [5, 5.41) is 11.4. The lowest BCUT2D eigenvalue weighted by molar-refractivity contribution is 0.477. The summed E-state index contributed by atoms with van der Waals surface area (Å²) in [6, 6.07) is 25.2. The molecule has 60 heavy (non-hydrogen) atoms. The minimum absolute atomic E-state index is 0.0607. The highest BCUT2D eigenvalue weighted by Gasteiger charge is 2.24. The molecule has 4 nitrogen and oxygen atoms in total. The third kappa shape index (κ3) is 7.91. The zero-order valence-corrected chi connectivity index (χ0v) is 35.5. The van der Waals surface area contributed by atoms with Crippen molar-refractivity contribution in [3.63, 3.8) is 0 Å². The van der Waals surface area contributed by atoms with Gasteiger partial charge < -0.3 is 5.11 Å². The second kappa shape index (κ2) is 15.1. The summed E-state index contributed by atoms with van der Waals surface area (Å²) in [6.45, 7) is 13.3. The zero-order valence-electron chi connectivity index (χ0n) is 48.5. The van der Waals surface area contributed by atoms with Gasteiger partial charge in [0, 0.05) is 25.5 Å². The fourth-order valence-electron chi connectivity index (χ4n) is 7.36. The Morgan fingerprint density at radius 3 is 1.88 bits per heavy atom. The van der Waals surface area contributed by atoms with E-state index in [4.69, 9.17) is 21.4 Å². The average molecular weight is 801 g/mol. The monoisotopic (exact) mass is 801 g/mol. The second-order valence-electron chi connectivity index (χ2n) is 18.5. The first-order valence-corrected chi connectivity index (χ1v) is 20.1. The van der Waals surface area contributed by atoms with Gasteiger partial charge in [0.1, 0.15) is 11.6 Å². The molecule has 0 atom stereocenters. The molecule has 4 heteroatoms. The molecular weight excluding hydrogens is 731 g/mol. The number of hydrogen-bond acceptors (Lipinski definition) is 3. The Morgan fingerprint density at radius 2 is 1.22 bits per heavy atom. The van der Waals surface area contributed by atoms with Crippen molar-refractivity contribution in [1.29, 1.82) is 0 Å². The van der Waals surface area contributed by atoms with E-state index in [1.54, 1.807) is 47.0 Å². The number of fused-ring (bicyclic) bond motifs is 1. The lowest BCUT2D eigenvalue weighted by Crippen LogP contribution is -2.16. The van der Waals surface area contributed by atoms with Gasteiger partial charge in [0.25, 0.3) is 0 Å². The van der Waals surface area contributed by atoms with Crippen LogP contribution in [0.4, 0.5) is 0 Å². The largest absolute Gasteiger partial charge is 0.507 e. The molecule has 6 aromatic carbocycles. The van der Waals surface area contributed by atoms with Crippen LogP contribution in [0.25, 0.3) is 72.7 Å². The summed E-state index contributed by atoms with van der Waals surface area (Å²) < 4.78 is 114. The van der Waals surface area contributed by atoms with Crippen LogP contribution in [0.1, 0.15) is 108 Å². The number of aromatic nitrogens is 3. The molecular formula is C56H57N3O. The molecule has 1 N–H and O–H groups in total. The lowest BCUT2D eigenvalue weighted by atomic mass is 9.79. The maximum absolute atomic E-state index is 11.4. The minimum atomic E-state index is -2.99. The van der Waals surface area contributed by atoms with Crippen LogP contribution >= 0.6 is 0 Å². The van der Waals surface area contributed by atoms with Crippen molar-refractivity contribution in [2.24, 2.45) is 0 Å². The van der Waals surface area contributed by atoms with E-state index < -0.39 is 78.2 Å². The maximum Gasteiger partial charge on any atom is 0.149 e. The number of pyridine rings is 1. The van der Waals surface area contributed by atoms with Gasteiger partial charge in [-0.15, -0.1) is 0 Å². The Bertz CT molecular complexity index is 3470. The summed E-state index contributed by atoms with van der Waals surface area (Å²) in [6.07, 6.45) is -0.610. The van der Waals surface area contributed by atoms with Crippen molar-refractivity contribution in [2.75, 3.05) is 0 Å². The van der Waals surface area contributed by atoms with E-state index >= 15 is 0 Å². The van der Waals surface area contributed by atoms with E-state index in [-0.39, 0.29) is 33.7 Å². The van der Waals surface area contributed by atoms with Crippen LogP contribution in [-0.4, -0.2) is 19.6 Å². The number of para-hydroxylation sites is 2. The van der Waals surface area contributed by atoms with E-state index in [1.807, 2.05) is 51.1 Å². The predicted molar refractivity (Wildman–Crippen MR) is 253 cm³/mol. The summed E-state index contributed by atoms with van der Waals surface area (Å²) in [5.41, 5.74) is 5.04. The molecule has 0 aliphatic rings. The minimum Gasteiger partial charge on any atom is -0.507 e. The molecule has 2 heterocycles. The molecule has 0 aliphatic carbocycles. The topological polar surface area (TPSA) is 50.9 Å². The first-order chi connectivity index (χ1) is 33.7. The lowest BCUT2D eigenvalue weighted by Gasteiger charge is -2.26. The SMILES string of the molecule is [2H]c1nc(-c2cc(-c3cccc4c3nc(-c3ccccc3O)n4-c3ccc(-c4cc(C(C)(C)C)cc(C(C)(C)C)c4)cc3C([2H])([2H])[2H])cc(C(C)(C)C)c2)c([2H])c(-c2c([2H])c([2H])c(C([2H])([2H])[2H])c([2H])c2[2H])c1[2H]. The molecule has 302 valence electrons. The van der Waals surface area contributed by atoms with Gasteiger partial charge in [-0.25, -0.2) is 4.98 Å². The van der Waals surface area contributed by atoms with Crippen LogP contribution in [0.3, 0.4) is 0 Å². The third-order valence-corrected chi connectivity index (χ3v) is 10.9. The summed E-state index contributed by atoms with van der Waals surface area (Å²) in [5.74, 6) is 0.187. The molecule has 0 fully saturated rings. The third-order valence-electron chi connectivity index (χ3n) is 10.9. The molecule has 0 saturated heterocycles. The second-order valence-corrected chi connectivity index (χ2v) is 18.5. The van der Waals surface area contributed by atoms with Gasteiger partial charge in [0.2, 0.25) is 0 Å². The van der Waals surface area contributed by atoms with Gasteiger partial charge in [0.15, 0.2) is 0 Å². The van der Waals surface area contributed by atoms with E-state index in [1.165, 1.54) is 6.07 Å². The number of phenolic OH excluding ortho intramolecular Hbond substituents is 1. The molecule has 0 aliphatic heterocycles. The van der Waals surface area contributed by atoms with Crippen molar-refractivity contribution in [2.45, 2.75) is 92.3 Å². The molecule has 0 saturated carbocycles. The first-order valence-electron chi connectivity index (χ1n) is 26.6. The number of benzene rings is 6. The summed E-state index contributed by atoms with van der Waals surface area (Å²) in [7, 11) is 0. The normalized spacial score (nSPS) is 15.8. The van der Waals surface area contributed by atoms with Gasteiger partial charge in [0.05, 0.1) is 37.6 Å². The Balaban J connectivity index is 1.40. The Hall–Kier alpha value is -6.26. The first kappa shape index (κ1) is 27.5. The molecule has 0 spiro atoms. The van der Waals surface area contributed by atoms with Crippen LogP contribution in [0, 0.1) is 13.7 Å². The number of imidazole rings is 1. The number of aryl methyl sites for hydroxylation is 1. The number of phenols is 1. The fourth-order valence-corrected chi connectivity index (χ4v) is 7.36. The quantitative estimate of drug-likeness (QED) is 0.182. The zero-order chi connectivity index (χ0) is 53.8. The van der Waals surface area contributed by atoms with Crippen LogP contribution in [0.5, 0.6) is 5.75 Å². The molecule has 8 aromatic rings. The van der Waals surface area contributed by atoms with E-state index in [2.05, 4.69) is 64.7 Å². The van der Waals surface area contributed by atoms with Crippen LogP contribution in [0.2, 0.25) is 0 Å². The number of rotatable bonds is 6. The van der Waals surface area contributed by atoms with Crippen molar-refractivity contribution < 1.29 is 22.9 Å². The molecule has 0 unspecified atom stereocenters. The number of hydrogen-bond donors (Lipinski definition) is 1. The van der Waals surface area contributed by atoms with E-state index in [9.17, 15) is 6.48 Å². The average Bonchev–Trinajstić information content (AvgIpc) is 3.68. The molecule has 0 radical (unpaired) electrons. The molecule has 8 rings (SSSR count). The number of nitrogens with zero attached hydrogens (tertiary/aromatic N) is 3. The van der Waals surface area contributed by atoms with Gasteiger partial charge in [-0.3, -0.25) is 9.55 Å². The Labute approximate surface area is 374 Å².